The molecule has 0 saturated carbocycles. The normalized spacial score (nSPS) is 12.5. The summed E-state index contributed by atoms with van der Waals surface area (Å²) < 4.78 is 0. The number of hydrogen-bond donors (Lipinski definition) is 4. The fourth-order valence-electron chi connectivity index (χ4n) is 1.79. The molecule has 7 nitrogen and oxygen atoms in total. The highest BCUT2D eigenvalue weighted by atomic mass is 35.5. The smallest absolute Gasteiger partial charge is 0.318 e. The topological polar surface area (TPSA) is 127 Å². The maximum Gasteiger partial charge on any atom is 0.318 e. The van der Waals surface area contributed by atoms with E-state index in [9.17, 15) is 14.4 Å². The number of carbonyl (C=O) groups is 3. The fourth-order valence-corrected chi connectivity index (χ4v) is 1.79. The predicted molar refractivity (Wildman–Crippen MR) is 85.1 cm³/mol. The molecule has 0 heterocycles. The third-order valence-corrected chi connectivity index (χ3v) is 3.05. The molecule has 2 unspecified atom stereocenters. The zero-order valence-electron chi connectivity index (χ0n) is 12.2. The van der Waals surface area contributed by atoms with Gasteiger partial charge in [0, 0.05) is 19.0 Å². The molecule has 122 valence electrons. The fraction of sp³-hybridized carbons (Fsp3) is 0.357. The van der Waals surface area contributed by atoms with Crippen molar-refractivity contribution in [1.29, 1.82) is 0 Å². The van der Waals surface area contributed by atoms with E-state index in [0.717, 1.165) is 5.56 Å². The molecular formula is C14H21ClN4O3. The first-order valence-electron chi connectivity index (χ1n) is 6.59. The second-order valence-electron chi connectivity index (χ2n) is 4.68. The summed E-state index contributed by atoms with van der Waals surface area (Å²) in [7, 11) is 0. The van der Waals surface area contributed by atoms with E-state index in [0.29, 0.717) is 0 Å². The first kappa shape index (κ1) is 19.9. The lowest BCUT2D eigenvalue weighted by Crippen LogP contribution is -2.39. The molecule has 1 aromatic rings. The second-order valence-corrected chi connectivity index (χ2v) is 4.68. The highest BCUT2D eigenvalue weighted by Crippen LogP contribution is 2.18. The van der Waals surface area contributed by atoms with Crippen molar-refractivity contribution in [3.05, 3.63) is 35.9 Å². The van der Waals surface area contributed by atoms with Crippen LogP contribution in [0.15, 0.2) is 30.3 Å². The van der Waals surface area contributed by atoms with Crippen LogP contribution in [-0.4, -0.2) is 24.4 Å². The van der Waals surface area contributed by atoms with Crippen LogP contribution < -0.4 is 22.1 Å². The Labute approximate surface area is 135 Å². The lowest BCUT2D eigenvalue weighted by molar-refractivity contribution is -0.125. The molecule has 6 N–H and O–H groups in total. The standard InChI is InChI=1S/C14H20N4O3.ClH/c1-9(12(15)10-5-3-2-4-6-10)13(20)17-8-7-11(19)18-14(16)21;/h2-6,9,12H,7-8,15H2,1H3,(H,17,20)(H3,16,18,19,21);1H. The van der Waals surface area contributed by atoms with Gasteiger partial charge in [-0.2, -0.15) is 0 Å². The van der Waals surface area contributed by atoms with E-state index < -0.39 is 23.9 Å². The summed E-state index contributed by atoms with van der Waals surface area (Å²) in [6.07, 6.45) is -0.0258. The molecule has 0 aliphatic rings. The number of nitrogens with one attached hydrogen (secondary N) is 2. The molecule has 1 rings (SSSR count). The maximum absolute atomic E-state index is 11.9. The minimum absolute atomic E-state index is 0. The largest absolute Gasteiger partial charge is 0.355 e. The molecule has 22 heavy (non-hydrogen) atoms. The van der Waals surface area contributed by atoms with Gasteiger partial charge >= 0.3 is 6.03 Å². The van der Waals surface area contributed by atoms with Gasteiger partial charge in [-0.25, -0.2) is 4.79 Å². The average Bonchev–Trinajstić information content (AvgIpc) is 2.45. The van der Waals surface area contributed by atoms with Crippen LogP contribution in [0.2, 0.25) is 0 Å². The van der Waals surface area contributed by atoms with E-state index >= 15 is 0 Å². The average molecular weight is 329 g/mol. The van der Waals surface area contributed by atoms with Crippen LogP contribution in [0.5, 0.6) is 0 Å². The quantitative estimate of drug-likeness (QED) is 0.604. The number of nitrogens with two attached hydrogens (primary N) is 2. The van der Waals surface area contributed by atoms with E-state index in [2.05, 4.69) is 5.32 Å². The molecule has 0 saturated heterocycles. The molecule has 0 bridgehead atoms. The third kappa shape index (κ3) is 6.55. The predicted octanol–water partition coefficient (Wildman–Crippen LogP) is 0.446. The lowest BCUT2D eigenvalue weighted by Gasteiger charge is -2.19. The van der Waals surface area contributed by atoms with Crippen LogP contribution in [0.1, 0.15) is 24.9 Å². The number of carbonyl (C=O) groups excluding carboxylic acids is 3. The molecule has 0 spiro atoms. The number of benzene rings is 1. The van der Waals surface area contributed by atoms with Crippen molar-refractivity contribution in [2.24, 2.45) is 17.4 Å². The minimum atomic E-state index is -0.911. The van der Waals surface area contributed by atoms with Gasteiger partial charge in [-0.15, -0.1) is 12.4 Å². The molecule has 1 aromatic carbocycles. The van der Waals surface area contributed by atoms with Gasteiger partial charge in [0.15, 0.2) is 0 Å². The molecule has 4 amide bonds. The van der Waals surface area contributed by atoms with E-state index in [1.165, 1.54) is 0 Å². The summed E-state index contributed by atoms with van der Waals surface area (Å²) in [5, 5.41) is 4.52. The van der Waals surface area contributed by atoms with Crippen molar-refractivity contribution < 1.29 is 14.4 Å². The molecule has 2 atom stereocenters. The number of rotatable bonds is 6. The van der Waals surface area contributed by atoms with Crippen LogP contribution in [0.4, 0.5) is 4.79 Å². The maximum atomic E-state index is 11.9. The highest BCUT2D eigenvalue weighted by Gasteiger charge is 2.21. The van der Waals surface area contributed by atoms with Gasteiger partial charge in [0.05, 0.1) is 5.92 Å². The monoisotopic (exact) mass is 328 g/mol. The Bertz CT molecular complexity index is 510. The van der Waals surface area contributed by atoms with Crippen LogP contribution in [0.3, 0.4) is 0 Å². The number of hydrogen-bond acceptors (Lipinski definition) is 4. The number of amides is 4. The third-order valence-electron chi connectivity index (χ3n) is 3.05. The molecule has 0 fully saturated rings. The molecule has 0 aliphatic heterocycles. The number of primary amides is 1. The molecular weight excluding hydrogens is 308 g/mol. The van der Waals surface area contributed by atoms with Crippen LogP contribution in [0.25, 0.3) is 0 Å². The first-order chi connectivity index (χ1) is 9.91. The SMILES string of the molecule is CC(C(=O)NCCC(=O)NC(N)=O)C(N)c1ccccc1.Cl. The first-order valence-corrected chi connectivity index (χ1v) is 6.59. The zero-order valence-corrected chi connectivity index (χ0v) is 13.1. The summed E-state index contributed by atoms with van der Waals surface area (Å²) in [4.78, 5) is 33.6. The summed E-state index contributed by atoms with van der Waals surface area (Å²) in [5.41, 5.74) is 11.7. The van der Waals surface area contributed by atoms with E-state index in [1.54, 1.807) is 6.92 Å². The number of urea groups is 1. The lowest BCUT2D eigenvalue weighted by atomic mass is 9.95. The van der Waals surface area contributed by atoms with Crippen LogP contribution in [-0.2, 0) is 9.59 Å². The summed E-state index contributed by atoms with van der Waals surface area (Å²) >= 11 is 0. The van der Waals surface area contributed by atoms with Gasteiger partial charge in [0.1, 0.15) is 0 Å². The Balaban J connectivity index is 0.00000441. The van der Waals surface area contributed by atoms with Crippen molar-refractivity contribution in [3.8, 4) is 0 Å². The van der Waals surface area contributed by atoms with Gasteiger partial charge < -0.3 is 16.8 Å². The van der Waals surface area contributed by atoms with E-state index in [-0.39, 0.29) is 31.3 Å². The summed E-state index contributed by atoms with van der Waals surface area (Å²) in [6, 6.07) is 7.96. The van der Waals surface area contributed by atoms with Crippen molar-refractivity contribution >= 4 is 30.3 Å². The Kier molecular flexibility index (Phi) is 8.81. The van der Waals surface area contributed by atoms with E-state index in [1.807, 2.05) is 35.6 Å². The van der Waals surface area contributed by atoms with Crippen LogP contribution in [0, 0.1) is 5.92 Å². The summed E-state index contributed by atoms with van der Waals surface area (Å²) in [6.45, 7) is 1.83. The Morgan fingerprint density at radius 3 is 2.32 bits per heavy atom. The second kappa shape index (κ2) is 9.75. The van der Waals surface area contributed by atoms with Crippen LogP contribution >= 0.6 is 12.4 Å². The zero-order chi connectivity index (χ0) is 15.8. The Morgan fingerprint density at radius 1 is 1.18 bits per heavy atom. The van der Waals surface area contributed by atoms with Crippen molar-refractivity contribution in [1.82, 2.24) is 10.6 Å². The number of imide groups is 1. The molecule has 0 aromatic heterocycles. The minimum Gasteiger partial charge on any atom is -0.355 e. The van der Waals surface area contributed by atoms with E-state index in [4.69, 9.17) is 11.5 Å². The molecule has 0 aliphatic carbocycles. The van der Waals surface area contributed by atoms with Gasteiger partial charge in [-0.1, -0.05) is 37.3 Å². The van der Waals surface area contributed by atoms with Gasteiger partial charge in [0.25, 0.3) is 0 Å². The van der Waals surface area contributed by atoms with Crippen molar-refractivity contribution in [2.45, 2.75) is 19.4 Å². The van der Waals surface area contributed by atoms with Crippen molar-refractivity contribution in [2.75, 3.05) is 6.54 Å². The highest BCUT2D eigenvalue weighted by molar-refractivity contribution is 5.93. The molecule has 0 radical (unpaired) electrons. The van der Waals surface area contributed by atoms with Gasteiger partial charge in [0.2, 0.25) is 11.8 Å². The summed E-state index contributed by atoms with van der Waals surface area (Å²) in [5.74, 6) is -1.23. The molecule has 8 heteroatoms. The van der Waals surface area contributed by atoms with Gasteiger partial charge in [-0.05, 0) is 5.56 Å². The van der Waals surface area contributed by atoms with Gasteiger partial charge in [-0.3, -0.25) is 14.9 Å². The number of halogens is 1. The van der Waals surface area contributed by atoms with Crippen molar-refractivity contribution in [3.63, 3.8) is 0 Å². The Hall–Kier alpha value is -2.12. The Morgan fingerprint density at radius 2 is 1.77 bits per heavy atom.